The van der Waals surface area contributed by atoms with Crippen LogP contribution in [0.4, 0.5) is 5.69 Å². The van der Waals surface area contributed by atoms with Gasteiger partial charge in [-0.1, -0.05) is 19.1 Å². The molecule has 1 N–H and O–H groups in total. The van der Waals surface area contributed by atoms with Crippen LogP contribution in [0.3, 0.4) is 0 Å². The number of benzene rings is 1. The zero-order valence-corrected chi connectivity index (χ0v) is 10.6. The van der Waals surface area contributed by atoms with Crippen molar-refractivity contribution in [3.8, 4) is 0 Å². The summed E-state index contributed by atoms with van der Waals surface area (Å²) in [6, 6.07) is 7.12. The summed E-state index contributed by atoms with van der Waals surface area (Å²) < 4.78 is 0. The Hall–Kier alpha value is -1.84. The summed E-state index contributed by atoms with van der Waals surface area (Å²) in [5.41, 5.74) is 1.15. The molecule has 0 radical (unpaired) electrons. The Labute approximate surface area is 107 Å². The van der Waals surface area contributed by atoms with Crippen LogP contribution >= 0.6 is 0 Å². The minimum absolute atomic E-state index is 0.00634. The lowest BCUT2D eigenvalue weighted by Gasteiger charge is -2.30. The van der Waals surface area contributed by atoms with E-state index in [9.17, 15) is 9.59 Å². The molecule has 0 saturated carbocycles. The maximum absolute atomic E-state index is 12.4. The fourth-order valence-electron chi connectivity index (χ4n) is 2.24. The molecule has 2 rings (SSSR count). The van der Waals surface area contributed by atoms with Gasteiger partial charge in [-0.05, 0) is 30.9 Å². The maximum Gasteiger partial charge on any atom is 0.255 e. The molecule has 4 heteroatoms. The molecule has 1 heterocycles. The van der Waals surface area contributed by atoms with Crippen molar-refractivity contribution < 1.29 is 9.59 Å². The number of anilines is 1. The highest BCUT2D eigenvalue weighted by molar-refractivity contribution is 6.01. The second-order valence-electron chi connectivity index (χ2n) is 4.78. The van der Waals surface area contributed by atoms with Gasteiger partial charge in [0.05, 0.1) is 11.3 Å². The van der Waals surface area contributed by atoms with Gasteiger partial charge in [-0.2, -0.15) is 0 Å². The number of hydrogen-bond donors (Lipinski definition) is 1. The Morgan fingerprint density at radius 3 is 2.67 bits per heavy atom. The second kappa shape index (κ2) is 5.67. The number of amides is 2. The van der Waals surface area contributed by atoms with Crippen molar-refractivity contribution in [3.63, 3.8) is 0 Å². The highest BCUT2D eigenvalue weighted by Gasteiger charge is 2.22. The molecule has 0 aliphatic carbocycles. The van der Waals surface area contributed by atoms with E-state index in [0.29, 0.717) is 23.6 Å². The second-order valence-corrected chi connectivity index (χ2v) is 4.78. The quantitative estimate of drug-likeness (QED) is 0.830. The number of piperidine rings is 1. The summed E-state index contributed by atoms with van der Waals surface area (Å²) in [5, 5.41) is 2.58. The summed E-state index contributed by atoms with van der Waals surface area (Å²) in [4.78, 5) is 24.8. The van der Waals surface area contributed by atoms with E-state index in [1.165, 1.54) is 0 Å². The molecule has 96 valence electrons. The summed E-state index contributed by atoms with van der Waals surface area (Å²) in [7, 11) is 0. The average Bonchev–Trinajstić information content (AvgIpc) is 2.40. The molecule has 1 fully saturated rings. The minimum atomic E-state index is 0.00634. The van der Waals surface area contributed by atoms with Gasteiger partial charge in [-0.3, -0.25) is 9.59 Å². The molecule has 0 bridgehead atoms. The Morgan fingerprint density at radius 2 is 2.00 bits per heavy atom. The number of nitrogens with zero attached hydrogens (tertiary/aromatic N) is 1. The smallest absolute Gasteiger partial charge is 0.255 e. The molecule has 2 amide bonds. The van der Waals surface area contributed by atoms with E-state index in [1.807, 2.05) is 11.0 Å². The van der Waals surface area contributed by atoms with Gasteiger partial charge >= 0.3 is 0 Å². The van der Waals surface area contributed by atoms with E-state index >= 15 is 0 Å². The van der Waals surface area contributed by atoms with Crippen molar-refractivity contribution in [2.45, 2.75) is 19.8 Å². The van der Waals surface area contributed by atoms with Gasteiger partial charge in [0.25, 0.3) is 5.91 Å². The predicted molar refractivity (Wildman–Crippen MR) is 70.4 cm³/mol. The molecule has 1 aromatic rings. The fourth-order valence-corrected chi connectivity index (χ4v) is 2.24. The monoisotopic (exact) mass is 246 g/mol. The van der Waals surface area contributed by atoms with Crippen LogP contribution in [0.5, 0.6) is 0 Å². The van der Waals surface area contributed by atoms with Gasteiger partial charge in [0, 0.05) is 13.1 Å². The minimum Gasteiger partial charge on any atom is -0.339 e. The highest BCUT2D eigenvalue weighted by Crippen LogP contribution is 2.21. The first-order valence-corrected chi connectivity index (χ1v) is 6.31. The SMILES string of the molecule is CC1CCN(C(=O)c2ccccc2NC=O)CC1. The lowest BCUT2D eigenvalue weighted by Crippen LogP contribution is -2.38. The largest absolute Gasteiger partial charge is 0.339 e. The van der Waals surface area contributed by atoms with E-state index in [0.717, 1.165) is 25.9 Å². The van der Waals surface area contributed by atoms with Gasteiger partial charge in [-0.15, -0.1) is 0 Å². The molecular weight excluding hydrogens is 228 g/mol. The van der Waals surface area contributed by atoms with E-state index in [4.69, 9.17) is 0 Å². The lowest BCUT2D eigenvalue weighted by atomic mass is 9.98. The molecule has 1 aliphatic rings. The molecule has 1 aliphatic heterocycles. The Morgan fingerprint density at radius 1 is 1.33 bits per heavy atom. The molecule has 18 heavy (non-hydrogen) atoms. The number of rotatable bonds is 3. The highest BCUT2D eigenvalue weighted by atomic mass is 16.2. The topological polar surface area (TPSA) is 49.4 Å². The van der Waals surface area contributed by atoms with Crippen LogP contribution in [0.15, 0.2) is 24.3 Å². The van der Waals surface area contributed by atoms with E-state index in [-0.39, 0.29) is 5.91 Å². The first-order chi connectivity index (χ1) is 8.72. The Bertz CT molecular complexity index is 437. The van der Waals surface area contributed by atoms with Crippen LogP contribution in [0, 0.1) is 5.92 Å². The molecule has 4 nitrogen and oxygen atoms in total. The van der Waals surface area contributed by atoms with Crippen molar-refractivity contribution in [1.82, 2.24) is 4.90 Å². The standard InChI is InChI=1S/C14H18N2O2/c1-11-6-8-16(9-7-11)14(18)12-4-2-3-5-13(12)15-10-17/h2-5,10-11H,6-9H2,1H3,(H,15,17). The molecular formula is C14H18N2O2. The molecule has 0 unspecified atom stereocenters. The van der Waals surface area contributed by atoms with Gasteiger partial charge in [0.15, 0.2) is 0 Å². The third kappa shape index (κ3) is 2.70. The van der Waals surface area contributed by atoms with Crippen molar-refractivity contribution in [3.05, 3.63) is 29.8 Å². The summed E-state index contributed by atoms with van der Waals surface area (Å²) in [6.07, 6.45) is 2.70. The fraction of sp³-hybridized carbons (Fsp3) is 0.429. The number of hydrogen-bond acceptors (Lipinski definition) is 2. The molecule has 1 aromatic carbocycles. The number of carbonyl (C=O) groups excluding carboxylic acids is 2. The van der Waals surface area contributed by atoms with Crippen molar-refractivity contribution >= 4 is 18.0 Å². The Kier molecular flexibility index (Phi) is 3.97. The Balaban J connectivity index is 2.15. The number of nitrogens with one attached hydrogen (secondary N) is 1. The van der Waals surface area contributed by atoms with Crippen molar-refractivity contribution in [2.75, 3.05) is 18.4 Å². The molecule has 0 aromatic heterocycles. The van der Waals surface area contributed by atoms with Crippen LogP contribution in [0.1, 0.15) is 30.1 Å². The number of para-hydroxylation sites is 1. The van der Waals surface area contributed by atoms with Gasteiger partial charge in [0.2, 0.25) is 6.41 Å². The van der Waals surface area contributed by atoms with Gasteiger partial charge in [0.1, 0.15) is 0 Å². The predicted octanol–water partition coefficient (Wildman–Crippen LogP) is 2.13. The van der Waals surface area contributed by atoms with E-state index < -0.39 is 0 Å². The zero-order chi connectivity index (χ0) is 13.0. The molecule has 0 spiro atoms. The number of carbonyl (C=O) groups is 2. The van der Waals surface area contributed by atoms with Crippen LogP contribution < -0.4 is 5.32 Å². The third-order valence-corrected chi connectivity index (χ3v) is 3.44. The average molecular weight is 246 g/mol. The van der Waals surface area contributed by atoms with Gasteiger partial charge < -0.3 is 10.2 Å². The van der Waals surface area contributed by atoms with Crippen LogP contribution in [0.25, 0.3) is 0 Å². The van der Waals surface area contributed by atoms with Gasteiger partial charge in [-0.25, -0.2) is 0 Å². The van der Waals surface area contributed by atoms with Crippen LogP contribution in [0.2, 0.25) is 0 Å². The summed E-state index contributed by atoms with van der Waals surface area (Å²) >= 11 is 0. The molecule has 1 saturated heterocycles. The van der Waals surface area contributed by atoms with Crippen LogP contribution in [-0.2, 0) is 4.79 Å². The molecule has 0 atom stereocenters. The van der Waals surface area contributed by atoms with E-state index in [2.05, 4.69) is 12.2 Å². The third-order valence-electron chi connectivity index (χ3n) is 3.44. The van der Waals surface area contributed by atoms with Crippen molar-refractivity contribution in [2.24, 2.45) is 5.92 Å². The van der Waals surface area contributed by atoms with Crippen LogP contribution in [-0.4, -0.2) is 30.3 Å². The summed E-state index contributed by atoms with van der Waals surface area (Å²) in [5.74, 6) is 0.698. The maximum atomic E-state index is 12.4. The summed E-state index contributed by atoms with van der Waals surface area (Å²) in [6.45, 7) is 3.81. The first-order valence-electron chi connectivity index (χ1n) is 6.31. The lowest BCUT2D eigenvalue weighted by molar-refractivity contribution is -0.105. The number of likely N-dealkylation sites (tertiary alicyclic amines) is 1. The zero-order valence-electron chi connectivity index (χ0n) is 10.6. The first kappa shape index (κ1) is 12.6. The van der Waals surface area contributed by atoms with Crippen molar-refractivity contribution in [1.29, 1.82) is 0 Å². The normalized spacial score (nSPS) is 16.4. The van der Waals surface area contributed by atoms with E-state index in [1.54, 1.807) is 18.2 Å².